The molecule has 6 nitrogen and oxygen atoms in total. The summed E-state index contributed by atoms with van der Waals surface area (Å²) >= 11 is 0. The van der Waals surface area contributed by atoms with Gasteiger partial charge in [0.05, 0.1) is 12.4 Å². The van der Waals surface area contributed by atoms with E-state index in [1.165, 1.54) is 6.26 Å². The summed E-state index contributed by atoms with van der Waals surface area (Å²) in [6, 6.07) is 7.32. The second-order valence-corrected chi connectivity index (χ2v) is 3.97. The molecular weight excluding hydrogens is 261 g/mol. The number of benzene rings is 1. The van der Waals surface area contributed by atoms with Gasteiger partial charge in [0.25, 0.3) is 0 Å². The quantitative estimate of drug-likeness (QED) is 0.761. The molecule has 0 aliphatic heterocycles. The first-order valence-corrected chi connectivity index (χ1v) is 5.77. The van der Waals surface area contributed by atoms with E-state index >= 15 is 0 Å². The first-order valence-electron chi connectivity index (χ1n) is 5.77. The third-order valence-electron chi connectivity index (χ3n) is 2.57. The number of nitrogens with one attached hydrogen (secondary N) is 1. The number of nitrogens with zero attached hydrogens (tertiary/aromatic N) is 3. The van der Waals surface area contributed by atoms with Crippen LogP contribution in [0, 0.1) is 5.82 Å². The van der Waals surface area contributed by atoms with Crippen LogP contribution in [0.25, 0.3) is 11.5 Å². The average molecular weight is 271 g/mol. The molecule has 3 rings (SSSR count). The second-order valence-electron chi connectivity index (χ2n) is 3.97. The predicted octanol–water partition coefficient (Wildman–Crippen LogP) is 2.60. The third-order valence-corrected chi connectivity index (χ3v) is 2.57. The standard InChI is InChI=1S/C13H10FN5O/c14-10-7-17-13(19-11(10)15)18-9-3-1-2-8(6-9)12-16-4-5-20-12/h1-7H,(H3,15,17,18,19). The van der Waals surface area contributed by atoms with Gasteiger partial charge >= 0.3 is 0 Å². The summed E-state index contributed by atoms with van der Waals surface area (Å²) in [6.45, 7) is 0. The molecule has 0 bridgehead atoms. The Morgan fingerprint density at radius 2 is 2.15 bits per heavy atom. The minimum atomic E-state index is -0.649. The van der Waals surface area contributed by atoms with Crippen molar-refractivity contribution in [1.82, 2.24) is 15.0 Å². The highest BCUT2D eigenvalue weighted by Crippen LogP contribution is 2.22. The Bertz CT molecular complexity index is 729. The summed E-state index contributed by atoms with van der Waals surface area (Å²) in [5.74, 6) is -0.128. The normalized spacial score (nSPS) is 10.4. The van der Waals surface area contributed by atoms with Gasteiger partial charge in [-0.25, -0.2) is 14.4 Å². The molecule has 0 amide bonds. The van der Waals surface area contributed by atoms with Gasteiger partial charge in [-0.05, 0) is 18.2 Å². The van der Waals surface area contributed by atoms with Crippen molar-refractivity contribution in [3.8, 4) is 11.5 Å². The van der Waals surface area contributed by atoms with Crippen LogP contribution >= 0.6 is 0 Å². The van der Waals surface area contributed by atoms with E-state index in [4.69, 9.17) is 10.2 Å². The van der Waals surface area contributed by atoms with Crippen LogP contribution in [0.1, 0.15) is 0 Å². The lowest BCUT2D eigenvalue weighted by molar-refractivity contribution is 0.574. The Morgan fingerprint density at radius 1 is 1.25 bits per heavy atom. The van der Waals surface area contributed by atoms with Crippen molar-refractivity contribution in [2.45, 2.75) is 0 Å². The van der Waals surface area contributed by atoms with Crippen LogP contribution in [0.5, 0.6) is 0 Å². The molecule has 0 radical (unpaired) electrons. The van der Waals surface area contributed by atoms with Gasteiger partial charge in [-0.15, -0.1) is 0 Å². The Balaban J connectivity index is 1.87. The number of halogens is 1. The van der Waals surface area contributed by atoms with Crippen LogP contribution in [0.4, 0.5) is 21.8 Å². The molecule has 7 heteroatoms. The minimum absolute atomic E-state index is 0.202. The van der Waals surface area contributed by atoms with Crippen molar-refractivity contribution >= 4 is 17.5 Å². The summed E-state index contributed by atoms with van der Waals surface area (Å²) in [6.07, 6.45) is 4.08. The molecule has 0 saturated carbocycles. The third kappa shape index (κ3) is 2.41. The summed E-state index contributed by atoms with van der Waals surface area (Å²) in [5, 5.41) is 2.94. The molecule has 3 N–H and O–H groups in total. The fraction of sp³-hybridized carbons (Fsp3) is 0. The smallest absolute Gasteiger partial charge is 0.229 e. The molecule has 100 valence electrons. The van der Waals surface area contributed by atoms with Crippen LogP contribution in [0.2, 0.25) is 0 Å². The second kappa shape index (κ2) is 4.96. The fourth-order valence-electron chi connectivity index (χ4n) is 1.67. The molecule has 1 aromatic carbocycles. The van der Waals surface area contributed by atoms with Crippen molar-refractivity contribution in [2.75, 3.05) is 11.1 Å². The summed E-state index contributed by atoms with van der Waals surface area (Å²) in [7, 11) is 0. The van der Waals surface area contributed by atoms with Crippen LogP contribution in [-0.2, 0) is 0 Å². The zero-order valence-electron chi connectivity index (χ0n) is 10.2. The lowest BCUT2D eigenvalue weighted by Gasteiger charge is -2.06. The summed E-state index contributed by atoms with van der Waals surface area (Å²) < 4.78 is 18.2. The number of oxazole rings is 1. The van der Waals surface area contributed by atoms with E-state index in [0.29, 0.717) is 11.6 Å². The van der Waals surface area contributed by atoms with Gasteiger partial charge in [-0.2, -0.15) is 4.98 Å². The van der Waals surface area contributed by atoms with Crippen molar-refractivity contribution in [2.24, 2.45) is 0 Å². The fourth-order valence-corrected chi connectivity index (χ4v) is 1.67. The molecule has 20 heavy (non-hydrogen) atoms. The van der Waals surface area contributed by atoms with Crippen molar-refractivity contribution in [3.63, 3.8) is 0 Å². The first-order chi connectivity index (χ1) is 9.72. The van der Waals surface area contributed by atoms with Gasteiger partial charge in [0.2, 0.25) is 11.8 Å². The van der Waals surface area contributed by atoms with Gasteiger partial charge in [0.1, 0.15) is 6.26 Å². The highest BCUT2D eigenvalue weighted by atomic mass is 19.1. The van der Waals surface area contributed by atoms with E-state index in [9.17, 15) is 4.39 Å². The molecule has 3 aromatic rings. The predicted molar refractivity (Wildman–Crippen MR) is 71.6 cm³/mol. The molecule has 2 heterocycles. The molecule has 0 aliphatic rings. The van der Waals surface area contributed by atoms with Gasteiger partial charge < -0.3 is 15.5 Å². The monoisotopic (exact) mass is 271 g/mol. The van der Waals surface area contributed by atoms with Crippen LogP contribution in [0.15, 0.2) is 47.3 Å². The number of rotatable bonds is 3. The van der Waals surface area contributed by atoms with Gasteiger partial charge in [-0.3, -0.25) is 0 Å². The number of aromatic nitrogens is 3. The zero-order chi connectivity index (χ0) is 13.9. The van der Waals surface area contributed by atoms with Gasteiger partial charge in [0.15, 0.2) is 11.6 Å². The van der Waals surface area contributed by atoms with E-state index in [2.05, 4.69) is 20.3 Å². The minimum Gasteiger partial charge on any atom is -0.445 e. The lowest BCUT2D eigenvalue weighted by atomic mass is 10.2. The summed E-state index contributed by atoms with van der Waals surface area (Å²) in [4.78, 5) is 11.7. The number of hydrogen-bond acceptors (Lipinski definition) is 6. The van der Waals surface area contributed by atoms with Crippen LogP contribution < -0.4 is 11.1 Å². The maximum absolute atomic E-state index is 13.0. The maximum atomic E-state index is 13.0. The van der Waals surface area contributed by atoms with Gasteiger partial charge in [-0.1, -0.05) is 6.07 Å². The average Bonchev–Trinajstić information content (AvgIpc) is 2.97. The molecule has 0 spiro atoms. The SMILES string of the molecule is Nc1nc(Nc2cccc(-c3ncco3)c2)ncc1F. The van der Waals surface area contributed by atoms with Crippen LogP contribution in [-0.4, -0.2) is 15.0 Å². The zero-order valence-corrected chi connectivity index (χ0v) is 10.2. The largest absolute Gasteiger partial charge is 0.445 e. The van der Waals surface area contributed by atoms with E-state index in [1.54, 1.807) is 6.20 Å². The first kappa shape index (κ1) is 12.1. The van der Waals surface area contributed by atoms with E-state index < -0.39 is 5.82 Å². The number of nitrogens with two attached hydrogens (primary N) is 1. The Hall–Kier alpha value is -2.96. The summed E-state index contributed by atoms with van der Waals surface area (Å²) in [5.41, 5.74) is 6.91. The number of hydrogen-bond donors (Lipinski definition) is 2. The highest BCUT2D eigenvalue weighted by Gasteiger charge is 2.06. The van der Waals surface area contributed by atoms with Crippen molar-refractivity contribution < 1.29 is 8.81 Å². The van der Waals surface area contributed by atoms with Crippen molar-refractivity contribution in [1.29, 1.82) is 0 Å². The Labute approximate surface area is 113 Å². The van der Waals surface area contributed by atoms with E-state index in [1.807, 2.05) is 24.3 Å². The molecule has 0 unspecified atom stereocenters. The number of anilines is 3. The molecule has 0 fully saturated rings. The van der Waals surface area contributed by atoms with Gasteiger partial charge in [0, 0.05) is 11.3 Å². The molecular formula is C13H10FN5O. The molecule has 2 aromatic heterocycles. The number of nitrogen functional groups attached to an aromatic ring is 1. The Morgan fingerprint density at radius 3 is 2.90 bits per heavy atom. The molecule has 0 atom stereocenters. The van der Waals surface area contributed by atoms with E-state index in [-0.39, 0.29) is 11.8 Å². The topological polar surface area (TPSA) is 89.9 Å². The van der Waals surface area contributed by atoms with Crippen LogP contribution in [0.3, 0.4) is 0 Å². The molecule has 0 saturated heterocycles. The van der Waals surface area contributed by atoms with Crippen molar-refractivity contribution in [3.05, 3.63) is 48.7 Å². The van der Waals surface area contributed by atoms with E-state index in [0.717, 1.165) is 11.8 Å². The Kier molecular flexibility index (Phi) is 3.00. The highest BCUT2D eigenvalue weighted by molar-refractivity contribution is 5.64. The lowest BCUT2D eigenvalue weighted by Crippen LogP contribution is -2.02. The maximum Gasteiger partial charge on any atom is 0.229 e. The molecule has 0 aliphatic carbocycles.